The van der Waals surface area contributed by atoms with E-state index >= 15 is 0 Å². The summed E-state index contributed by atoms with van der Waals surface area (Å²) < 4.78 is 39.5. The van der Waals surface area contributed by atoms with Crippen molar-refractivity contribution in [2.24, 2.45) is 0 Å². The zero-order valence-corrected chi connectivity index (χ0v) is 23.5. The van der Waals surface area contributed by atoms with Gasteiger partial charge >= 0.3 is 5.97 Å². The third kappa shape index (κ3) is 7.40. The molecule has 0 spiro atoms. The predicted molar refractivity (Wildman–Crippen MR) is 149 cm³/mol. The molecular weight excluding hydrogens is 512 g/mol. The van der Waals surface area contributed by atoms with Gasteiger partial charge in [-0.2, -0.15) is 0 Å². The smallest absolute Gasteiger partial charge is 0.343 e. The van der Waals surface area contributed by atoms with Crippen LogP contribution in [-0.4, -0.2) is 55.7 Å². The van der Waals surface area contributed by atoms with Gasteiger partial charge in [-0.15, -0.1) is 0 Å². The Morgan fingerprint density at radius 3 is 1.85 bits per heavy atom. The number of epoxide rings is 2. The monoisotopic (exact) mass is 548 g/mol. The number of hydrogen-bond acceptors (Lipinski definition) is 8. The van der Waals surface area contributed by atoms with Crippen LogP contribution in [0.2, 0.25) is 0 Å². The minimum absolute atomic E-state index is 0.0638. The molecule has 0 radical (unpaired) electrons. The van der Waals surface area contributed by atoms with E-state index in [0.717, 1.165) is 11.1 Å². The van der Waals surface area contributed by atoms with E-state index in [-0.39, 0.29) is 17.3 Å². The largest absolute Gasteiger partial charge is 0.488 e. The lowest BCUT2D eigenvalue weighted by molar-refractivity contribution is -0.208. The van der Waals surface area contributed by atoms with Crippen LogP contribution in [0.5, 0.6) is 17.2 Å². The van der Waals surface area contributed by atoms with Gasteiger partial charge in [0, 0.05) is 0 Å². The molecule has 0 N–H and O–H groups in total. The number of rotatable bonds is 13. The maximum atomic E-state index is 12.7. The highest BCUT2D eigenvalue weighted by Crippen LogP contribution is 2.33. The second-order valence-corrected chi connectivity index (χ2v) is 10.8. The van der Waals surface area contributed by atoms with Crippen molar-refractivity contribution in [2.75, 3.05) is 19.8 Å². The second-order valence-electron chi connectivity index (χ2n) is 10.8. The summed E-state index contributed by atoms with van der Waals surface area (Å²) in [5.74, 6) is 1.40. The molecule has 2 aliphatic heterocycles. The SMILES string of the molecule is CC(OCC1(C)CO1)OC(C)Oc1ccc(-c2ccc(C(=O)Oc3ccc(OC(C)C4(C)CO4)cc3)cc2)cc1. The van der Waals surface area contributed by atoms with Crippen LogP contribution in [-0.2, 0) is 18.9 Å². The summed E-state index contributed by atoms with van der Waals surface area (Å²) in [6.45, 7) is 11.6. The molecule has 2 fully saturated rings. The first kappa shape index (κ1) is 28.1. The lowest BCUT2D eigenvalue weighted by atomic mass is 10.0. The summed E-state index contributed by atoms with van der Waals surface area (Å²) in [5, 5.41) is 0. The third-order valence-electron chi connectivity index (χ3n) is 7.06. The van der Waals surface area contributed by atoms with E-state index in [4.69, 9.17) is 33.2 Å². The molecule has 8 heteroatoms. The van der Waals surface area contributed by atoms with Gasteiger partial charge in [0.1, 0.15) is 34.6 Å². The Morgan fingerprint density at radius 1 is 0.750 bits per heavy atom. The third-order valence-corrected chi connectivity index (χ3v) is 7.06. The Hall–Kier alpha value is -3.43. The fourth-order valence-electron chi connectivity index (χ4n) is 3.98. The van der Waals surface area contributed by atoms with Gasteiger partial charge in [0.15, 0.2) is 12.6 Å². The van der Waals surface area contributed by atoms with E-state index in [1.54, 1.807) is 36.4 Å². The van der Waals surface area contributed by atoms with Gasteiger partial charge in [-0.05, 0) is 94.3 Å². The van der Waals surface area contributed by atoms with E-state index in [9.17, 15) is 4.79 Å². The summed E-state index contributed by atoms with van der Waals surface area (Å²) in [6.07, 6.45) is -0.952. The van der Waals surface area contributed by atoms with E-state index in [1.165, 1.54) is 0 Å². The molecule has 0 saturated carbocycles. The van der Waals surface area contributed by atoms with Gasteiger partial charge in [0.05, 0.1) is 25.4 Å². The highest BCUT2D eigenvalue weighted by molar-refractivity contribution is 5.91. The summed E-state index contributed by atoms with van der Waals surface area (Å²) in [7, 11) is 0. The molecular formula is C32H36O8. The molecule has 5 atom stereocenters. The molecule has 5 unspecified atom stereocenters. The van der Waals surface area contributed by atoms with Crippen molar-refractivity contribution in [1.82, 2.24) is 0 Å². The van der Waals surface area contributed by atoms with E-state index in [2.05, 4.69) is 0 Å². The molecule has 5 rings (SSSR count). The van der Waals surface area contributed by atoms with Gasteiger partial charge in [-0.1, -0.05) is 24.3 Å². The molecule has 0 aromatic heterocycles. The molecule has 2 saturated heterocycles. The maximum Gasteiger partial charge on any atom is 0.343 e. The summed E-state index contributed by atoms with van der Waals surface area (Å²) >= 11 is 0. The fourth-order valence-corrected chi connectivity index (χ4v) is 3.98. The average Bonchev–Trinajstić information content (AvgIpc) is 3.87. The second kappa shape index (κ2) is 11.6. The summed E-state index contributed by atoms with van der Waals surface area (Å²) in [6, 6.07) is 22.0. The Labute approximate surface area is 235 Å². The van der Waals surface area contributed by atoms with E-state index in [0.29, 0.717) is 42.6 Å². The van der Waals surface area contributed by atoms with E-state index in [1.807, 2.05) is 71.0 Å². The van der Waals surface area contributed by atoms with Crippen molar-refractivity contribution in [2.45, 2.75) is 64.5 Å². The van der Waals surface area contributed by atoms with Crippen LogP contribution in [0, 0.1) is 0 Å². The quantitative estimate of drug-likeness (QED) is 0.111. The van der Waals surface area contributed by atoms with Crippen LogP contribution in [0.3, 0.4) is 0 Å². The Bertz CT molecular complexity index is 1280. The Kier molecular flexibility index (Phi) is 8.14. The first-order valence-corrected chi connectivity index (χ1v) is 13.5. The zero-order chi connectivity index (χ0) is 28.3. The van der Waals surface area contributed by atoms with Crippen LogP contribution >= 0.6 is 0 Å². The van der Waals surface area contributed by atoms with Crippen LogP contribution in [0.1, 0.15) is 45.0 Å². The highest BCUT2D eigenvalue weighted by atomic mass is 16.8. The lowest BCUT2D eigenvalue weighted by Gasteiger charge is -2.21. The lowest BCUT2D eigenvalue weighted by Crippen LogP contribution is -2.29. The number of esters is 1. The number of ether oxygens (including phenoxy) is 7. The maximum absolute atomic E-state index is 12.7. The van der Waals surface area contributed by atoms with Crippen molar-refractivity contribution in [1.29, 1.82) is 0 Å². The summed E-state index contributed by atoms with van der Waals surface area (Å²) in [4.78, 5) is 12.7. The predicted octanol–water partition coefficient (Wildman–Crippen LogP) is 6.02. The van der Waals surface area contributed by atoms with Crippen LogP contribution in [0.15, 0.2) is 72.8 Å². The van der Waals surface area contributed by atoms with Gasteiger partial charge in [0.25, 0.3) is 0 Å². The minimum Gasteiger partial charge on any atom is -0.488 e. The molecule has 2 heterocycles. The number of hydrogen-bond donors (Lipinski definition) is 0. The molecule has 0 aliphatic carbocycles. The van der Waals surface area contributed by atoms with Gasteiger partial charge in [-0.25, -0.2) is 4.79 Å². The fraction of sp³-hybridized carbons (Fsp3) is 0.406. The molecule has 3 aromatic carbocycles. The number of carbonyl (C=O) groups is 1. The van der Waals surface area contributed by atoms with Crippen LogP contribution < -0.4 is 14.2 Å². The van der Waals surface area contributed by atoms with Gasteiger partial charge in [0.2, 0.25) is 0 Å². The molecule has 0 bridgehead atoms. The molecule has 8 nitrogen and oxygen atoms in total. The van der Waals surface area contributed by atoms with Crippen molar-refractivity contribution in [3.8, 4) is 28.4 Å². The van der Waals surface area contributed by atoms with Gasteiger partial charge in [-0.3, -0.25) is 0 Å². The normalized spacial score (nSPS) is 23.5. The standard InChI is InChI=1S/C32H36O8/c1-21(32(5)20-36-32)37-27-14-16-29(17-15-27)40-30(33)26-8-6-24(7-9-26)25-10-12-28(13-11-25)39-23(3)38-22(2)34-18-31(4)19-35-31/h6-17,21-23H,18-20H2,1-5H3. The molecule has 40 heavy (non-hydrogen) atoms. The van der Waals surface area contributed by atoms with Crippen molar-refractivity contribution < 1.29 is 38.0 Å². The van der Waals surface area contributed by atoms with Crippen molar-refractivity contribution in [3.63, 3.8) is 0 Å². The highest BCUT2D eigenvalue weighted by Gasteiger charge is 2.46. The first-order chi connectivity index (χ1) is 19.1. The molecule has 3 aromatic rings. The average molecular weight is 549 g/mol. The topological polar surface area (TPSA) is 88.3 Å². The van der Waals surface area contributed by atoms with Gasteiger partial charge < -0.3 is 33.2 Å². The zero-order valence-electron chi connectivity index (χ0n) is 23.5. The van der Waals surface area contributed by atoms with Crippen LogP contribution in [0.25, 0.3) is 11.1 Å². The first-order valence-electron chi connectivity index (χ1n) is 13.5. The minimum atomic E-state index is -0.479. The molecule has 2 aliphatic rings. The van der Waals surface area contributed by atoms with Crippen molar-refractivity contribution >= 4 is 5.97 Å². The number of carbonyl (C=O) groups excluding carboxylic acids is 1. The molecule has 0 amide bonds. The molecule has 212 valence electrons. The van der Waals surface area contributed by atoms with Crippen molar-refractivity contribution in [3.05, 3.63) is 78.4 Å². The Balaban J connectivity index is 1.09. The number of benzene rings is 3. The summed E-state index contributed by atoms with van der Waals surface area (Å²) in [5.41, 5.74) is 2.02. The van der Waals surface area contributed by atoms with Crippen LogP contribution in [0.4, 0.5) is 0 Å². The Morgan fingerprint density at radius 2 is 1.27 bits per heavy atom. The van der Waals surface area contributed by atoms with E-state index < -0.39 is 18.5 Å².